The molecule has 19 heavy (non-hydrogen) atoms. The highest BCUT2D eigenvalue weighted by Gasteiger charge is 2.05. The highest BCUT2D eigenvalue weighted by atomic mass is 32.2. The fourth-order valence-corrected chi connectivity index (χ4v) is 2.35. The number of hydrogen-bond acceptors (Lipinski definition) is 3. The lowest BCUT2D eigenvalue weighted by Gasteiger charge is -2.15. The molecular weight excluding hydrogens is 262 g/mol. The summed E-state index contributed by atoms with van der Waals surface area (Å²) < 4.78 is 24.2. The summed E-state index contributed by atoms with van der Waals surface area (Å²) in [6.07, 6.45) is 4.74. The topological polar surface area (TPSA) is 84.2 Å². The molecule has 5 nitrogen and oxygen atoms in total. The van der Waals surface area contributed by atoms with Crippen molar-refractivity contribution in [3.8, 4) is 0 Å². The van der Waals surface area contributed by atoms with Gasteiger partial charge in [-0.1, -0.05) is 32.3 Å². The molecule has 1 rings (SSSR count). The van der Waals surface area contributed by atoms with Crippen molar-refractivity contribution in [3.63, 3.8) is 0 Å². The Labute approximate surface area is 115 Å². The first-order valence-corrected chi connectivity index (χ1v) is 8.12. The summed E-state index contributed by atoms with van der Waals surface area (Å²) in [5, 5.41) is 8.29. The van der Waals surface area contributed by atoms with Crippen LogP contribution in [0.25, 0.3) is 0 Å². The monoisotopic (exact) mass is 285 g/mol. The Kier molecular flexibility index (Phi) is 6.11. The maximum atomic E-state index is 11.0. The first-order chi connectivity index (χ1) is 8.90. The van der Waals surface area contributed by atoms with Crippen LogP contribution in [0.3, 0.4) is 0 Å². The minimum absolute atomic E-state index is 0.358. The van der Waals surface area contributed by atoms with Crippen molar-refractivity contribution in [2.24, 2.45) is 5.14 Å². The summed E-state index contributed by atoms with van der Waals surface area (Å²) >= 11 is 0. The van der Waals surface area contributed by atoms with E-state index in [0.29, 0.717) is 11.7 Å². The smallest absolute Gasteiger partial charge is 0.296 e. The summed E-state index contributed by atoms with van der Waals surface area (Å²) in [7, 11) is -3.72. The Balaban J connectivity index is 2.56. The molecule has 108 valence electrons. The predicted molar refractivity (Wildman–Crippen MR) is 80.4 cm³/mol. The molecule has 0 saturated carbocycles. The van der Waals surface area contributed by atoms with Crippen molar-refractivity contribution >= 4 is 21.6 Å². The zero-order valence-electron chi connectivity index (χ0n) is 11.5. The van der Waals surface area contributed by atoms with Crippen LogP contribution in [-0.2, 0) is 10.2 Å². The molecule has 4 N–H and O–H groups in total. The number of nitrogens with two attached hydrogens (primary N) is 1. The van der Waals surface area contributed by atoms with E-state index in [0.717, 1.165) is 12.1 Å². The summed E-state index contributed by atoms with van der Waals surface area (Å²) in [4.78, 5) is 0. The third kappa shape index (κ3) is 7.03. The highest BCUT2D eigenvalue weighted by Crippen LogP contribution is 2.17. The number of benzene rings is 1. The Morgan fingerprint density at radius 3 is 2.58 bits per heavy atom. The Hall–Kier alpha value is -1.27. The number of anilines is 2. The second kappa shape index (κ2) is 7.35. The highest BCUT2D eigenvalue weighted by molar-refractivity contribution is 7.90. The molecule has 0 saturated heterocycles. The van der Waals surface area contributed by atoms with Gasteiger partial charge < -0.3 is 5.32 Å². The molecule has 0 aromatic heterocycles. The molecule has 1 aromatic rings. The normalized spacial score (nSPS) is 13.0. The van der Waals surface area contributed by atoms with Crippen molar-refractivity contribution in [3.05, 3.63) is 24.3 Å². The van der Waals surface area contributed by atoms with E-state index in [-0.39, 0.29) is 0 Å². The number of unbranched alkanes of at least 4 members (excludes halogenated alkanes) is 2. The lowest BCUT2D eigenvalue weighted by molar-refractivity contribution is 0.603. The lowest BCUT2D eigenvalue weighted by atomic mass is 10.1. The zero-order valence-corrected chi connectivity index (χ0v) is 12.3. The van der Waals surface area contributed by atoms with Gasteiger partial charge in [-0.3, -0.25) is 4.72 Å². The van der Waals surface area contributed by atoms with Gasteiger partial charge in [0.1, 0.15) is 0 Å². The standard InChI is InChI=1S/C13H23N3O2S/c1-3-4-5-7-11(2)15-12-8-6-9-13(10-12)16-19(14,17)18/h6,8-11,15-16H,3-5,7H2,1-2H3,(H2,14,17,18). The van der Waals surface area contributed by atoms with Crippen molar-refractivity contribution in [1.29, 1.82) is 0 Å². The zero-order chi connectivity index (χ0) is 14.3. The summed E-state index contributed by atoms with van der Waals surface area (Å²) in [5.74, 6) is 0. The minimum Gasteiger partial charge on any atom is -0.383 e. The van der Waals surface area contributed by atoms with Crippen LogP contribution in [0.15, 0.2) is 24.3 Å². The Morgan fingerprint density at radius 1 is 1.26 bits per heavy atom. The third-order valence-corrected chi connectivity index (χ3v) is 3.30. The summed E-state index contributed by atoms with van der Waals surface area (Å²) in [5.41, 5.74) is 1.35. The minimum atomic E-state index is -3.72. The molecule has 1 aromatic carbocycles. The predicted octanol–water partition coefficient (Wildman–Crippen LogP) is 2.68. The summed E-state index contributed by atoms with van der Waals surface area (Å²) in [6, 6.07) is 7.45. The van der Waals surface area contributed by atoms with E-state index >= 15 is 0 Å². The largest absolute Gasteiger partial charge is 0.383 e. The van der Waals surface area contributed by atoms with Gasteiger partial charge >= 0.3 is 0 Å². The second-order valence-corrected chi connectivity index (χ2v) is 6.06. The molecule has 0 spiro atoms. The Morgan fingerprint density at radius 2 is 1.95 bits per heavy atom. The fourth-order valence-electron chi connectivity index (χ4n) is 1.89. The molecule has 0 aliphatic carbocycles. The van der Waals surface area contributed by atoms with Crippen molar-refractivity contribution < 1.29 is 8.42 Å². The van der Waals surface area contributed by atoms with Gasteiger partial charge in [0.05, 0.1) is 5.69 Å². The van der Waals surface area contributed by atoms with E-state index in [9.17, 15) is 8.42 Å². The SMILES string of the molecule is CCCCCC(C)Nc1cccc(NS(N)(=O)=O)c1. The van der Waals surface area contributed by atoms with Crippen LogP contribution in [0.5, 0.6) is 0 Å². The van der Waals surface area contributed by atoms with Gasteiger partial charge in [-0.2, -0.15) is 8.42 Å². The van der Waals surface area contributed by atoms with Crippen LogP contribution in [0.1, 0.15) is 39.5 Å². The van der Waals surface area contributed by atoms with Crippen LogP contribution in [-0.4, -0.2) is 14.5 Å². The van der Waals surface area contributed by atoms with Gasteiger partial charge in [-0.15, -0.1) is 0 Å². The van der Waals surface area contributed by atoms with E-state index in [2.05, 4.69) is 23.9 Å². The van der Waals surface area contributed by atoms with Crippen LogP contribution in [0, 0.1) is 0 Å². The second-order valence-electron chi connectivity index (χ2n) is 4.77. The van der Waals surface area contributed by atoms with Gasteiger partial charge in [0.25, 0.3) is 10.2 Å². The molecule has 0 fully saturated rings. The molecule has 0 aliphatic rings. The molecule has 1 atom stereocenters. The van der Waals surface area contributed by atoms with Crippen LogP contribution < -0.4 is 15.2 Å². The first-order valence-electron chi connectivity index (χ1n) is 6.58. The van der Waals surface area contributed by atoms with Crippen molar-refractivity contribution in [1.82, 2.24) is 0 Å². The summed E-state index contributed by atoms with van der Waals surface area (Å²) in [6.45, 7) is 4.30. The maximum absolute atomic E-state index is 11.0. The quantitative estimate of drug-likeness (QED) is 0.642. The van der Waals surface area contributed by atoms with Gasteiger partial charge in [-0.25, -0.2) is 5.14 Å². The average molecular weight is 285 g/mol. The molecule has 6 heteroatoms. The van der Waals surface area contributed by atoms with Crippen LogP contribution in [0.4, 0.5) is 11.4 Å². The molecule has 0 radical (unpaired) electrons. The Bertz CT molecular complexity index is 488. The number of nitrogens with one attached hydrogen (secondary N) is 2. The van der Waals surface area contributed by atoms with E-state index < -0.39 is 10.2 Å². The molecule has 0 bridgehead atoms. The number of hydrogen-bond donors (Lipinski definition) is 3. The van der Waals surface area contributed by atoms with Crippen molar-refractivity contribution in [2.75, 3.05) is 10.0 Å². The average Bonchev–Trinajstić information content (AvgIpc) is 2.27. The molecular formula is C13H23N3O2S. The third-order valence-electron chi connectivity index (χ3n) is 2.78. The van der Waals surface area contributed by atoms with Gasteiger partial charge in [0.2, 0.25) is 0 Å². The van der Waals surface area contributed by atoms with E-state index in [1.54, 1.807) is 18.2 Å². The van der Waals surface area contributed by atoms with E-state index in [4.69, 9.17) is 5.14 Å². The van der Waals surface area contributed by atoms with Crippen molar-refractivity contribution in [2.45, 2.75) is 45.6 Å². The van der Waals surface area contributed by atoms with Crippen LogP contribution in [0.2, 0.25) is 0 Å². The maximum Gasteiger partial charge on any atom is 0.296 e. The van der Waals surface area contributed by atoms with Gasteiger partial charge in [0, 0.05) is 11.7 Å². The van der Waals surface area contributed by atoms with E-state index in [1.165, 1.54) is 19.3 Å². The molecule has 0 heterocycles. The number of rotatable bonds is 8. The van der Waals surface area contributed by atoms with Gasteiger partial charge in [-0.05, 0) is 31.5 Å². The lowest BCUT2D eigenvalue weighted by Crippen LogP contribution is -2.22. The first kappa shape index (κ1) is 15.8. The molecule has 0 aliphatic heterocycles. The van der Waals surface area contributed by atoms with E-state index in [1.807, 2.05) is 6.07 Å². The van der Waals surface area contributed by atoms with Crippen LogP contribution >= 0.6 is 0 Å². The fraction of sp³-hybridized carbons (Fsp3) is 0.538. The molecule has 0 amide bonds. The molecule has 1 unspecified atom stereocenters. The van der Waals surface area contributed by atoms with Gasteiger partial charge in [0.15, 0.2) is 0 Å².